The van der Waals surface area contributed by atoms with Gasteiger partial charge >= 0.3 is 5.97 Å². The van der Waals surface area contributed by atoms with Gasteiger partial charge in [0.2, 0.25) is 5.91 Å². The minimum atomic E-state index is -0.279. The highest BCUT2D eigenvalue weighted by Crippen LogP contribution is 2.43. The summed E-state index contributed by atoms with van der Waals surface area (Å²) in [5.41, 5.74) is -0.210. The summed E-state index contributed by atoms with van der Waals surface area (Å²) in [6.45, 7) is 8.58. The van der Waals surface area contributed by atoms with Crippen molar-refractivity contribution < 1.29 is 14.3 Å². The summed E-state index contributed by atoms with van der Waals surface area (Å²) >= 11 is 0. The van der Waals surface area contributed by atoms with Crippen molar-refractivity contribution in [3.63, 3.8) is 0 Å². The van der Waals surface area contributed by atoms with Gasteiger partial charge in [-0.05, 0) is 58.7 Å². The molecule has 0 aliphatic carbocycles. The normalized spacial score (nSPS) is 32.5. The van der Waals surface area contributed by atoms with Crippen LogP contribution in [-0.4, -0.2) is 73.1 Å². The van der Waals surface area contributed by atoms with Gasteiger partial charge in [-0.2, -0.15) is 0 Å². The fourth-order valence-electron chi connectivity index (χ4n) is 4.87. The average molecular weight is 337 g/mol. The van der Waals surface area contributed by atoms with Crippen molar-refractivity contribution in [2.75, 3.05) is 39.3 Å². The maximum Gasteiger partial charge on any atom is 0.302 e. The van der Waals surface area contributed by atoms with E-state index in [-0.39, 0.29) is 23.3 Å². The number of nitrogens with zero attached hydrogens (tertiary/aromatic N) is 2. The van der Waals surface area contributed by atoms with Crippen molar-refractivity contribution in [2.24, 2.45) is 5.41 Å². The molecule has 3 fully saturated rings. The Morgan fingerprint density at radius 1 is 1.38 bits per heavy atom. The smallest absolute Gasteiger partial charge is 0.302 e. The van der Waals surface area contributed by atoms with E-state index in [4.69, 9.17) is 4.74 Å². The van der Waals surface area contributed by atoms with Crippen LogP contribution in [0.5, 0.6) is 0 Å². The Labute approximate surface area is 144 Å². The molecule has 1 N–H and O–H groups in total. The summed E-state index contributed by atoms with van der Waals surface area (Å²) in [5, 5.41) is 3.43. The van der Waals surface area contributed by atoms with Gasteiger partial charge in [0.1, 0.15) is 6.61 Å². The Morgan fingerprint density at radius 2 is 2.12 bits per heavy atom. The van der Waals surface area contributed by atoms with E-state index in [9.17, 15) is 9.59 Å². The zero-order valence-corrected chi connectivity index (χ0v) is 15.1. The standard InChI is InChI=1S/C18H31N3O3/c1-14-12-18(17(23)21(14)10-11-24-15(2)22)6-3-9-20(13-18)16-4-7-19-8-5-16/h14,16,19H,3-13H2,1-2H3. The first-order chi connectivity index (χ1) is 11.5. The SMILES string of the molecule is CC(=O)OCCN1C(=O)C2(CCCN(C3CCNCC3)C2)CC1C. The molecule has 3 rings (SSSR count). The van der Waals surface area contributed by atoms with Gasteiger partial charge < -0.3 is 15.0 Å². The van der Waals surface area contributed by atoms with Crippen molar-refractivity contribution in [3.05, 3.63) is 0 Å². The van der Waals surface area contributed by atoms with Gasteiger partial charge in [-0.15, -0.1) is 0 Å². The molecule has 0 aromatic carbocycles. The van der Waals surface area contributed by atoms with Gasteiger partial charge in [-0.25, -0.2) is 0 Å². The summed E-state index contributed by atoms with van der Waals surface area (Å²) in [7, 11) is 0. The Bertz CT molecular complexity index is 478. The molecule has 1 amide bonds. The number of amides is 1. The molecule has 1 spiro atoms. The van der Waals surface area contributed by atoms with Crippen molar-refractivity contribution in [3.8, 4) is 0 Å². The molecule has 136 valence electrons. The Balaban J connectivity index is 1.63. The third-order valence-electron chi connectivity index (χ3n) is 6.00. The van der Waals surface area contributed by atoms with Crippen LogP contribution in [0.4, 0.5) is 0 Å². The molecule has 0 aromatic heterocycles. The van der Waals surface area contributed by atoms with E-state index >= 15 is 0 Å². The zero-order chi connectivity index (χ0) is 17.2. The Morgan fingerprint density at radius 3 is 2.83 bits per heavy atom. The van der Waals surface area contributed by atoms with Crippen LogP contribution >= 0.6 is 0 Å². The lowest BCUT2D eigenvalue weighted by Gasteiger charge is -2.44. The monoisotopic (exact) mass is 337 g/mol. The molecule has 0 aromatic rings. The molecular weight excluding hydrogens is 306 g/mol. The van der Waals surface area contributed by atoms with Gasteiger partial charge in [0.05, 0.1) is 12.0 Å². The fourth-order valence-corrected chi connectivity index (χ4v) is 4.87. The predicted molar refractivity (Wildman–Crippen MR) is 91.6 cm³/mol. The number of ether oxygens (including phenoxy) is 1. The number of likely N-dealkylation sites (tertiary alicyclic amines) is 2. The first-order valence-corrected chi connectivity index (χ1v) is 9.41. The number of carbonyl (C=O) groups excluding carboxylic acids is 2. The third-order valence-corrected chi connectivity index (χ3v) is 6.00. The van der Waals surface area contributed by atoms with Gasteiger partial charge in [0.15, 0.2) is 0 Å². The first kappa shape index (κ1) is 17.7. The number of hydrogen-bond donors (Lipinski definition) is 1. The summed E-state index contributed by atoms with van der Waals surface area (Å²) in [5.74, 6) is -0.000418. The number of piperidine rings is 2. The molecule has 24 heavy (non-hydrogen) atoms. The lowest BCUT2D eigenvalue weighted by molar-refractivity contribution is -0.146. The highest BCUT2D eigenvalue weighted by atomic mass is 16.5. The lowest BCUT2D eigenvalue weighted by Crippen LogP contribution is -2.53. The molecule has 3 saturated heterocycles. The highest BCUT2D eigenvalue weighted by molar-refractivity contribution is 5.85. The molecular formula is C18H31N3O3. The van der Waals surface area contributed by atoms with Crippen LogP contribution < -0.4 is 5.32 Å². The largest absolute Gasteiger partial charge is 0.464 e. The maximum atomic E-state index is 13.1. The van der Waals surface area contributed by atoms with Crippen LogP contribution in [0.25, 0.3) is 0 Å². The van der Waals surface area contributed by atoms with E-state index in [1.165, 1.54) is 19.8 Å². The maximum absolute atomic E-state index is 13.1. The molecule has 3 heterocycles. The summed E-state index contributed by atoms with van der Waals surface area (Å²) < 4.78 is 5.04. The number of carbonyl (C=O) groups is 2. The van der Waals surface area contributed by atoms with Crippen LogP contribution in [0.1, 0.15) is 46.0 Å². The summed E-state index contributed by atoms with van der Waals surface area (Å²) in [6, 6.07) is 0.864. The van der Waals surface area contributed by atoms with Gasteiger partial charge in [0, 0.05) is 25.6 Å². The number of rotatable bonds is 4. The van der Waals surface area contributed by atoms with Gasteiger partial charge in [-0.1, -0.05) is 0 Å². The number of esters is 1. The molecule has 0 saturated carbocycles. The quantitative estimate of drug-likeness (QED) is 0.776. The molecule has 3 aliphatic heterocycles. The van der Waals surface area contributed by atoms with Gasteiger partial charge in [-0.3, -0.25) is 14.5 Å². The topological polar surface area (TPSA) is 61.9 Å². The molecule has 6 nitrogen and oxygen atoms in total. The summed E-state index contributed by atoms with van der Waals surface area (Å²) in [4.78, 5) is 28.6. The molecule has 2 unspecified atom stereocenters. The molecule has 2 atom stereocenters. The van der Waals surface area contributed by atoms with Crippen LogP contribution in [0, 0.1) is 5.41 Å². The minimum absolute atomic E-state index is 0.210. The Kier molecular flexibility index (Phi) is 5.45. The molecule has 6 heteroatoms. The van der Waals surface area contributed by atoms with E-state index in [2.05, 4.69) is 17.1 Å². The second kappa shape index (κ2) is 7.40. The minimum Gasteiger partial charge on any atom is -0.464 e. The average Bonchev–Trinajstić information content (AvgIpc) is 2.79. The fraction of sp³-hybridized carbons (Fsp3) is 0.889. The molecule has 0 bridgehead atoms. The van der Waals surface area contributed by atoms with E-state index in [0.29, 0.717) is 19.2 Å². The van der Waals surface area contributed by atoms with E-state index in [1.807, 2.05) is 4.90 Å². The van der Waals surface area contributed by atoms with Crippen LogP contribution in [0.3, 0.4) is 0 Å². The Hall–Kier alpha value is -1.14. The van der Waals surface area contributed by atoms with E-state index < -0.39 is 0 Å². The molecule has 0 radical (unpaired) electrons. The van der Waals surface area contributed by atoms with Crippen molar-refractivity contribution in [1.82, 2.24) is 15.1 Å². The highest BCUT2D eigenvalue weighted by Gasteiger charge is 2.52. The van der Waals surface area contributed by atoms with Crippen molar-refractivity contribution in [1.29, 1.82) is 0 Å². The zero-order valence-electron chi connectivity index (χ0n) is 15.1. The first-order valence-electron chi connectivity index (χ1n) is 9.41. The van der Waals surface area contributed by atoms with Crippen molar-refractivity contribution >= 4 is 11.9 Å². The van der Waals surface area contributed by atoms with Crippen LogP contribution in [0.2, 0.25) is 0 Å². The van der Waals surface area contributed by atoms with E-state index in [0.717, 1.165) is 45.4 Å². The second-order valence-electron chi connectivity index (χ2n) is 7.73. The second-order valence-corrected chi connectivity index (χ2v) is 7.73. The number of nitrogens with one attached hydrogen (secondary N) is 1. The van der Waals surface area contributed by atoms with Crippen LogP contribution in [-0.2, 0) is 14.3 Å². The van der Waals surface area contributed by atoms with Crippen molar-refractivity contribution in [2.45, 2.75) is 58.0 Å². The lowest BCUT2D eigenvalue weighted by atomic mass is 9.76. The summed E-state index contributed by atoms with van der Waals surface area (Å²) in [6.07, 6.45) is 5.43. The predicted octanol–water partition coefficient (Wildman–Crippen LogP) is 1.00. The van der Waals surface area contributed by atoms with Crippen LogP contribution in [0.15, 0.2) is 0 Å². The molecule has 3 aliphatic rings. The van der Waals surface area contributed by atoms with E-state index in [1.54, 1.807) is 0 Å². The number of hydrogen-bond acceptors (Lipinski definition) is 5. The third kappa shape index (κ3) is 3.59. The van der Waals surface area contributed by atoms with Gasteiger partial charge in [0.25, 0.3) is 0 Å².